The minimum Gasteiger partial charge on any atom is -0.381 e. The summed E-state index contributed by atoms with van der Waals surface area (Å²) in [4.78, 5) is 14.5. The van der Waals surface area contributed by atoms with Crippen LogP contribution in [0.2, 0.25) is 0 Å². The Bertz CT molecular complexity index is 283. The minimum atomic E-state index is 0.177. The summed E-state index contributed by atoms with van der Waals surface area (Å²) in [6.45, 7) is 6.96. The highest BCUT2D eigenvalue weighted by molar-refractivity contribution is 5.80. The number of carbonyl (C=O) groups excluding carboxylic acids is 1. The lowest BCUT2D eigenvalue weighted by Crippen LogP contribution is -2.49. The van der Waals surface area contributed by atoms with Crippen molar-refractivity contribution in [3.63, 3.8) is 0 Å². The fraction of sp³-hybridized carbons (Fsp3) is 0.923. The molecule has 0 bridgehead atoms. The second-order valence-corrected chi connectivity index (χ2v) is 5.50. The van der Waals surface area contributed by atoms with Gasteiger partial charge < -0.3 is 15.0 Å². The van der Waals surface area contributed by atoms with Gasteiger partial charge in [-0.1, -0.05) is 6.92 Å². The zero-order chi connectivity index (χ0) is 12.4. The fourth-order valence-electron chi connectivity index (χ4n) is 3.02. The molecule has 0 aliphatic carbocycles. The molecule has 98 valence electrons. The summed E-state index contributed by atoms with van der Waals surface area (Å²) in [6, 6.07) is 0.314. The van der Waals surface area contributed by atoms with Gasteiger partial charge in [0.1, 0.15) is 0 Å². The number of likely N-dealkylation sites (tertiary alicyclic amines) is 1. The number of piperidine rings is 1. The number of amides is 1. The number of nitrogens with zero attached hydrogens (tertiary/aromatic N) is 1. The third kappa shape index (κ3) is 2.63. The van der Waals surface area contributed by atoms with Gasteiger partial charge in [-0.3, -0.25) is 4.79 Å². The number of rotatable bonds is 2. The zero-order valence-corrected chi connectivity index (χ0v) is 11.1. The quantitative estimate of drug-likeness (QED) is 0.778. The fourth-order valence-corrected chi connectivity index (χ4v) is 3.02. The van der Waals surface area contributed by atoms with Crippen LogP contribution in [-0.2, 0) is 9.53 Å². The first kappa shape index (κ1) is 12.8. The van der Waals surface area contributed by atoms with Crippen LogP contribution in [0.15, 0.2) is 0 Å². The topological polar surface area (TPSA) is 41.6 Å². The maximum absolute atomic E-state index is 12.5. The van der Waals surface area contributed by atoms with Gasteiger partial charge in [0, 0.05) is 26.2 Å². The van der Waals surface area contributed by atoms with Crippen molar-refractivity contribution < 1.29 is 9.53 Å². The maximum atomic E-state index is 12.5. The highest BCUT2D eigenvalue weighted by atomic mass is 16.5. The van der Waals surface area contributed by atoms with Gasteiger partial charge in [0.2, 0.25) is 5.91 Å². The number of hydrogen-bond acceptors (Lipinski definition) is 3. The van der Waals surface area contributed by atoms with Crippen molar-refractivity contribution in [3.05, 3.63) is 0 Å². The average Bonchev–Trinajstić information content (AvgIpc) is 2.74. The Morgan fingerprint density at radius 1 is 1.35 bits per heavy atom. The van der Waals surface area contributed by atoms with Gasteiger partial charge in [-0.2, -0.15) is 0 Å². The molecule has 0 aromatic carbocycles. The molecule has 2 rings (SSSR count). The van der Waals surface area contributed by atoms with E-state index in [1.54, 1.807) is 7.11 Å². The lowest BCUT2D eigenvalue weighted by Gasteiger charge is -2.38. The summed E-state index contributed by atoms with van der Waals surface area (Å²) in [5, 5.41) is 3.30. The zero-order valence-electron chi connectivity index (χ0n) is 11.1. The standard InChI is InChI=1S/C13H24N2O2/c1-9-7-14-8-12(9)13(16)15-5-4-11(17-3)6-10(15)2/h9-12,14H,4-8H2,1-3H3/t9-,10?,11?,12-/m1/s1. The second kappa shape index (κ2) is 5.36. The molecule has 2 aliphatic heterocycles. The van der Waals surface area contributed by atoms with E-state index in [0.717, 1.165) is 32.5 Å². The van der Waals surface area contributed by atoms with Crippen molar-refractivity contribution in [2.75, 3.05) is 26.7 Å². The van der Waals surface area contributed by atoms with Crippen LogP contribution in [0.3, 0.4) is 0 Å². The summed E-state index contributed by atoms with van der Waals surface area (Å²) in [5.41, 5.74) is 0. The molecular weight excluding hydrogens is 216 g/mol. The third-order valence-electron chi connectivity index (χ3n) is 4.28. The summed E-state index contributed by atoms with van der Waals surface area (Å²) in [6.07, 6.45) is 2.27. The van der Waals surface area contributed by atoms with E-state index in [-0.39, 0.29) is 5.92 Å². The number of carbonyl (C=O) groups is 1. The van der Waals surface area contributed by atoms with E-state index in [1.165, 1.54) is 0 Å². The van der Waals surface area contributed by atoms with Crippen molar-refractivity contribution in [3.8, 4) is 0 Å². The van der Waals surface area contributed by atoms with E-state index < -0.39 is 0 Å². The van der Waals surface area contributed by atoms with E-state index in [0.29, 0.717) is 24.0 Å². The van der Waals surface area contributed by atoms with Crippen LogP contribution >= 0.6 is 0 Å². The molecule has 2 aliphatic rings. The Morgan fingerprint density at radius 2 is 2.12 bits per heavy atom. The molecule has 0 saturated carbocycles. The predicted octanol–water partition coefficient (Wildman–Crippen LogP) is 0.868. The Morgan fingerprint density at radius 3 is 2.65 bits per heavy atom. The highest BCUT2D eigenvalue weighted by Gasteiger charge is 2.36. The molecule has 2 unspecified atom stereocenters. The van der Waals surface area contributed by atoms with Crippen molar-refractivity contribution in [2.45, 2.75) is 38.8 Å². The molecule has 0 aromatic heterocycles. The average molecular weight is 240 g/mol. The molecule has 4 heteroatoms. The molecule has 1 N–H and O–H groups in total. The number of ether oxygens (including phenoxy) is 1. The predicted molar refractivity (Wildman–Crippen MR) is 66.7 cm³/mol. The highest BCUT2D eigenvalue weighted by Crippen LogP contribution is 2.25. The molecule has 2 heterocycles. The molecule has 2 fully saturated rings. The number of methoxy groups -OCH3 is 1. The largest absolute Gasteiger partial charge is 0.381 e. The van der Waals surface area contributed by atoms with Gasteiger partial charge in [0.05, 0.1) is 12.0 Å². The molecular formula is C13H24N2O2. The van der Waals surface area contributed by atoms with Crippen LogP contribution in [0.5, 0.6) is 0 Å². The van der Waals surface area contributed by atoms with Crippen LogP contribution in [0.25, 0.3) is 0 Å². The van der Waals surface area contributed by atoms with E-state index >= 15 is 0 Å². The van der Waals surface area contributed by atoms with E-state index in [1.807, 2.05) is 0 Å². The molecule has 4 atom stereocenters. The Kier molecular flexibility index (Phi) is 4.05. The monoisotopic (exact) mass is 240 g/mol. The lowest BCUT2D eigenvalue weighted by atomic mass is 9.93. The summed E-state index contributed by atoms with van der Waals surface area (Å²) >= 11 is 0. The summed E-state index contributed by atoms with van der Waals surface area (Å²) in [5.74, 6) is 0.982. The molecule has 2 saturated heterocycles. The second-order valence-electron chi connectivity index (χ2n) is 5.50. The van der Waals surface area contributed by atoms with E-state index in [9.17, 15) is 4.79 Å². The molecule has 0 spiro atoms. The van der Waals surface area contributed by atoms with E-state index in [4.69, 9.17) is 4.74 Å². The smallest absolute Gasteiger partial charge is 0.227 e. The first-order chi connectivity index (χ1) is 8.13. The van der Waals surface area contributed by atoms with Gasteiger partial charge in [-0.15, -0.1) is 0 Å². The van der Waals surface area contributed by atoms with Gasteiger partial charge in [0.15, 0.2) is 0 Å². The van der Waals surface area contributed by atoms with Crippen LogP contribution in [0.1, 0.15) is 26.7 Å². The number of hydrogen-bond donors (Lipinski definition) is 1. The lowest BCUT2D eigenvalue weighted by molar-refractivity contribution is -0.141. The maximum Gasteiger partial charge on any atom is 0.227 e. The molecule has 0 radical (unpaired) electrons. The molecule has 1 amide bonds. The SMILES string of the molecule is COC1CCN(C(=O)[C@@H]2CNC[C@H]2C)C(C)C1. The van der Waals surface area contributed by atoms with Crippen LogP contribution in [-0.4, -0.2) is 49.7 Å². The van der Waals surface area contributed by atoms with Gasteiger partial charge in [0.25, 0.3) is 0 Å². The third-order valence-corrected chi connectivity index (χ3v) is 4.28. The molecule has 4 nitrogen and oxygen atoms in total. The van der Waals surface area contributed by atoms with Gasteiger partial charge >= 0.3 is 0 Å². The van der Waals surface area contributed by atoms with Crippen LogP contribution < -0.4 is 5.32 Å². The summed E-state index contributed by atoms with van der Waals surface area (Å²) in [7, 11) is 1.76. The molecule has 17 heavy (non-hydrogen) atoms. The van der Waals surface area contributed by atoms with Crippen LogP contribution in [0, 0.1) is 11.8 Å². The summed E-state index contributed by atoms with van der Waals surface area (Å²) < 4.78 is 5.39. The van der Waals surface area contributed by atoms with Gasteiger partial charge in [-0.25, -0.2) is 0 Å². The normalized spacial score (nSPS) is 38.4. The van der Waals surface area contributed by atoms with E-state index in [2.05, 4.69) is 24.1 Å². The Balaban J connectivity index is 1.96. The minimum absolute atomic E-state index is 0.177. The van der Waals surface area contributed by atoms with Crippen LogP contribution in [0.4, 0.5) is 0 Å². The first-order valence-electron chi connectivity index (χ1n) is 6.67. The van der Waals surface area contributed by atoms with Crippen molar-refractivity contribution in [1.29, 1.82) is 0 Å². The van der Waals surface area contributed by atoms with Crippen molar-refractivity contribution in [2.24, 2.45) is 11.8 Å². The van der Waals surface area contributed by atoms with Crippen molar-refractivity contribution >= 4 is 5.91 Å². The Labute approximate surface area is 104 Å². The van der Waals surface area contributed by atoms with Gasteiger partial charge in [-0.05, 0) is 32.2 Å². The number of nitrogens with one attached hydrogen (secondary N) is 1. The first-order valence-corrected chi connectivity index (χ1v) is 6.67. The van der Waals surface area contributed by atoms with Crippen molar-refractivity contribution in [1.82, 2.24) is 10.2 Å². The molecule has 0 aromatic rings. The Hall–Kier alpha value is -0.610.